The van der Waals surface area contributed by atoms with E-state index in [2.05, 4.69) is 10.1 Å². The summed E-state index contributed by atoms with van der Waals surface area (Å²) in [6.45, 7) is -0.919. The normalized spacial score (nSPS) is 16.4. The van der Waals surface area contributed by atoms with E-state index in [9.17, 15) is 8.78 Å². The van der Waals surface area contributed by atoms with Crippen LogP contribution in [0.3, 0.4) is 0 Å². The van der Waals surface area contributed by atoms with Gasteiger partial charge in [-0.05, 0) is 43.0 Å². The van der Waals surface area contributed by atoms with E-state index in [0.717, 1.165) is 24.6 Å². The average molecular weight is 255 g/mol. The number of nitrogens with one attached hydrogen (secondary N) is 1. The molecule has 1 N–H and O–H groups in total. The maximum absolute atomic E-state index is 12.0. The SMILES string of the molecule is FC(F)Oc1ccc(CNCC2CCCC2)cc1. The molecule has 0 spiro atoms. The molecule has 0 atom stereocenters. The first-order valence-electron chi connectivity index (χ1n) is 6.48. The summed E-state index contributed by atoms with van der Waals surface area (Å²) in [6, 6.07) is 6.80. The van der Waals surface area contributed by atoms with Crippen LogP contribution in [0, 0.1) is 5.92 Å². The van der Waals surface area contributed by atoms with Crippen LogP contribution >= 0.6 is 0 Å². The maximum Gasteiger partial charge on any atom is 0.387 e. The van der Waals surface area contributed by atoms with E-state index >= 15 is 0 Å². The summed E-state index contributed by atoms with van der Waals surface area (Å²) in [6.07, 6.45) is 5.36. The molecule has 2 nitrogen and oxygen atoms in total. The highest BCUT2D eigenvalue weighted by Crippen LogP contribution is 2.23. The minimum Gasteiger partial charge on any atom is -0.435 e. The molecule has 0 aliphatic heterocycles. The van der Waals surface area contributed by atoms with E-state index in [1.807, 2.05) is 12.1 Å². The van der Waals surface area contributed by atoms with Gasteiger partial charge in [0.2, 0.25) is 0 Å². The molecule has 0 bridgehead atoms. The smallest absolute Gasteiger partial charge is 0.387 e. The van der Waals surface area contributed by atoms with Gasteiger partial charge < -0.3 is 10.1 Å². The van der Waals surface area contributed by atoms with Gasteiger partial charge in [0.15, 0.2) is 0 Å². The van der Waals surface area contributed by atoms with E-state index in [1.165, 1.54) is 25.7 Å². The molecule has 0 aromatic heterocycles. The molecular weight excluding hydrogens is 236 g/mol. The maximum atomic E-state index is 12.0. The van der Waals surface area contributed by atoms with Crippen LogP contribution in [0.1, 0.15) is 31.2 Å². The topological polar surface area (TPSA) is 21.3 Å². The monoisotopic (exact) mass is 255 g/mol. The third-order valence-corrected chi connectivity index (χ3v) is 3.39. The van der Waals surface area contributed by atoms with Gasteiger partial charge in [-0.25, -0.2) is 0 Å². The molecule has 1 aromatic rings. The van der Waals surface area contributed by atoms with Crippen LogP contribution in [0.15, 0.2) is 24.3 Å². The van der Waals surface area contributed by atoms with Crippen molar-refractivity contribution in [3.05, 3.63) is 29.8 Å². The Morgan fingerprint density at radius 1 is 1.17 bits per heavy atom. The van der Waals surface area contributed by atoms with Crippen LogP contribution in [-0.4, -0.2) is 13.2 Å². The van der Waals surface area contributed by atoms with E-state index in [-0.39, 0.29) is 5.75 Å². The lowest BCUT2D eigenvalue weighted by Crippen LogP contribution is -2.20. The Labute approximate surface area is 106 Å². The summed E-state index contributed by atoms with van der Waals surface area (Å²) < 4.78 is 28.2. The van der Waals surface area contributed by atoms with Crippen molar-refractivity contribution in [1.29, 1.82) is 0 Å². The Kier molecular flexibility index (Phi) is 4.93. The van der Waals surface area contributed by atoms with Gasteiger partial charge in [-0.2, -0.15) is 8.78 Å². The lowest BCUT2D eigenvalue weighted by Gasteiger charge is -2.11. The number of hydrogen-bond acceptors (Lipinski definition) is 2. The second-order valence-corrected chi connectivity index (χ2v) is 4.80. The number of hydrogen-bond donors (Lipinski definition) is 1. The molecule has 0 unspecified atom stereocenters. The lowest BCUT2D eigenvalue weighted by molar-refractivity contribution is -0.0498. The van der Waals surface area contributed by atoms with Gasteiger partial charge in [-0.15, -0.1) is 0 Å². The zero-order chi connectivity index (χ0) is 12.8. The molecule has 1 aliphatic carbocycles. The number of alkyl halides is 2. The average Bonchev–Trinajstić information content (AvgIpc) is 2.84. The highest BCUT2D eigenvalue weighted by Gasteiger charge is 2.13. The van der Waals surface area contributed by atoms with Gasteiger partial charge in [-0.1, -0.05) is 25.0 Å². The fourth-order valence-corrected chi connectivity index (χ4v) is 2.42. The van der Waals surface area contributed by atoms with Gasteiger partial charge in [0.05, 0.1) is 0 Å². The third kappa shape index (κ3) is 4.26. The quantitative estimate of drug-likeness (QED) is 0.839. The predicted octanol–water partition coefficient (Wildman–Crippen LogP) is 3.57. The third-order valence-electron chi connectivity index (χ3n) is 3.39. The molecule has 100 valence electrons. The minimum atomic E-state index is -2.75. The fraction of sp³-hybridized carbons (Fsp3) is 0.571. The molecule has 0 heterocycles. The second-order valence-electron chi connectivity index (χ2n) is 4.80. The fourth-order valence-electron chi connectivity index (χ4n) is 2.42. The zero-order valence-electron chi connectivity index (χ0n) is 10.4. The molecule has 0 saturated heterocycles. The molecule has 4 heteroatoms. The van der Waals surface area contributed by atoms with Crippen molar-refractivity contribution in [2.24, 2.45) is 5.92 Å². The largest absolute Gasteiger partial charge is 0.435 e. The van der Waals surface area contributed by atoms with Crippen molar-refractivity contribution >= 4 is 0 Å². The molecule has 1 aliphatic rings. The Morgan fingerprint density at radius 2 is 1.83 bits per heavy atom. The van der Waals surface area contributed by atoms with Gasteiger partial charge in [0.25, 0.3) is 0 Å². The Hall–Kier alpha value is -1.16. The van der Waals surface area contributed by atoms with Crippen molar-refractivity contribution in [3.8, 4) is 5.75 Å². The van der Waals surface area contributed by atoms with Crippen molar-refractivity contribution in [2.75, 3.05) is 6.54 Å². The van der Waals surface area contributed by atoms with Crippen LogP contribution in [0.5, 0.6) is 5.75 Å². The predicted molar refractivity (Wildman–Crippen MR) is 66.7 cm³/mol. The van der Waals surface area contributed by atoms with E-state index < -0.39 is 6.61 Å². The van der Waals surface area contributed by atoms with E-state index in [1.54, 1.807) is 12.1 Å². The van der Waals surface area contributed by atoms with Crippen LogP contribution in [0.2, 0.25) is 0 Å². The summed E-state index contributed by atoms with van der Waals surface area (Å²) in [5.74, 6) is 1.02. The number of halogens is 2. The minimum absolute atomic E-state index is 0.213. The first-order chi connectivity index (χ1) is 8.74. The molecule has 0 radical (unpaired) electrons. The summed E-state index contributed by atoms with van der Waals surface area (Å²) in [5, 5.41) is 3.41. The lowest BCUT2D eigenvalue weighted by atomic mass is 10.1. The molecule has 18 heavy (non-hydrogen) atoms. The Balaban J connectivity index is 1.72. The molecule has 1 fully saturated rings. The first kappa shape index (κ1) is 13.3. The molecule has 2 rings (SSSR count). The Bertz CT molecular complexity index is 347. The van der Waals surface area contributed by atoms with Crippen molar-refractivity contribution in [3.63, 3.8) is 0 Å². The summed E-state index contributed by atoms with van der Waals surface area (Å²) in [7, 11) is 0. The number of rotatable bonds is 6. The van der Waals surface area contributed by atoms with Crippen LogP contribution in [0.25, 0.3) is 0 Å². The molecule has 1 saturated carbocycles. The van der Waals surface area contributed by atoms with Crippen LogP contribution in [-0.2, 0) is 6.54 Å². The molecule has 1 aromatic carbocycles. The van der Waals surface area contributed by atoms with Crippen molar-refractivity contribution < 1.29 is 13.5 Å². The Morgan fingerprint density at radius 3 is 2.44 bits per heavy atom. The van der Waals surface area contributed by atoms with Crippen molar-refractivity contribution in [2.45, 2.75) is 38.8 Å². The highest BCUT2D eigenvalue weighted by molar-refractivity contribution is 5.27. The highest BCUT2D eigenvalue weighted by atomic mass is 19.3. The van der Waals surface area contributed by atoms with Gasteiger partial charge in [0.1, 0.15) is 5.75 Å². The summed E-state index contributed by atoms with van der Waals surface area (Å²) in [5.41, 5.74) is 1.09. The zero-order valence-corrected chi connectivity index (χ0v) is 10.4. The van der Waals surface area contributed by atoms with E-state index in [0.29, 0.717) is 0 Å². The van der Waals surface area contributed by atoms with Crippen molar-refractivity contribution in [1.82, 2.24) is 5.32 Å². The molecule has 0 amide bonds. The molecular formula is C14H19F2NO. The standard InChI is InChI=1S/C14H19F2NO/c15-14(16)18-13-7-5-12(6-8-13)10-17-9-11-3-1-2-4-11/h5-8,11,14,17H,1-4,9-10H2. The van der Waals surface area contributed by atoms with Crippen LogP contribution in [0.4, 0.5) is 8.78 Å². The summed E-state index contributed by atoms with van der Waals surface area (Å²) in [4.78, 5) is 0. The van der Waals surface area contributed by atoms with E-state index in [4.69, 9.17) is 0 Å². The first-order valence-corrected chi connectivity index (χ1v) is 6.48. The summed E-state index contributed by atoms with van der Waals surface area (Å²) >= 11 is 0. The number of benzene rings is 1. The van der Waals surface area contributed by atoms with Gasteiger partial charge >= 0.3 is 6.61 Å². The number of ether oxygens (including phenoxy) is 1. The van der Waals surface area contributed by atoms with Crippen LogP contribution < -0.4 is 10.1 Å². The van der Waals surface area contributed by atoms with Gasteiger partial charge in [-0.3, -0.25) is 0 Å². The second kappa shape index (κ2) is 6.69. The van der Waals surface area contributed by atoms with Gasteiger partial charge in [0, 0.05) is 6.54 Å².